The minimum absolute atomic E-state index is 0.240. The zero-order valence-corrected chi connectivity index (χ0v) is 13.3. The van der Waals surface area contributed by atoms with Crippen LogP contribution in [-0.4, -0.2) is 30.0 Å². The van der Waals surface area contributed by atoms with E-state index in [2.05, 4.69) is 5.32 Å². The van der Waals surface area contributed by atoms with E-state index in [4.69, 9.17) is 0 Å². The van der Waals surface area contributed by atoms with Crippen LogP contribution in [-0.2, 0) is 17.9 Å². The van der Waals surface area contributed by atoms with Gasteiger partial charge in [0.1, 0.15) is 5.82 Å². The molecule has 0 spiro atoms. The predicted molar refractivity (Wildman–Crippen MR) is 87.0 cm³/mol. The Morgan fingerprint density at radius 3 is 2.57 bits per heavy atom. The topological polar surface area (TPSA) is 52.6 Å². The highest BCUT2D eigenvalue weighted by molar-refractivity contribution is 5.81. The summed E-state index contributed by atoms with van der Waals surface area (Å²) in [5.74, 6) is -0.743. The first-order valence-electron chi connectivity index (χ1n) is 7.40. The van der Waals surface area contributed by atoms with Crippen LogP contribution in [0.5, 0.6) is 0 Å². The SMILES string of the molecule is CN(C)Cc1cc(CNC(=O)[C@H](O)c2ccccc2)ccc1F. The molecule has 1 atom stereocenters. The lowest BCUT2D eigenvalue weighted by Crippen LogP contribution is -2.28. The molecule has 5 heteroatoms. The minimum atomic E-state index is -1.21. The average Bonchev–Trinajstić information content (AvgIpc) is 2.55. The van der Waals surface area contributed by atoms with Crippen molar-refractivity contribution < 1.29 is 14.3 Å². The largest absolute Gasteiger partial charge is 0.378 e. The van der Waals surface area contributed by atoms with Gasteiger partial charge in [-0.05, 0) is 37.4 Å². The Kier molecular flexibility index (Phi) is 5.84. The van der Waals surface area contributed by atoms with Gasteiger partial charge in [-0.25, -0.2) is 4.39 Å². The Balaban J connectivity index is 1.99. The molecule has 23 heavy (non-hydrogen) atoms. The van der Waals surface area contributed by atoms with Crippen LogP contribution < -0.4 is 5.32 Å². The Morgan fingerprint density at radius 2 is 1.91 bits per heavy atom. The maximum absolute atomic E-state index is 13.7. The Bertz CT molecular complexity index is 659. The molecule has 0 aliphatic carbocycles. The molecule has 0 saturated heterocycles. The van der Waals surface area contributed by atoms with E-state index in [1.165, 1.54) is 6.07 Å². The third-order valence-corrected chi connectivity index (χ3v) is 3.43. The molecule has 1 amide bonds. The second-order valence-corrected chi connectivity index (χ2v) is 5.69. The molecule has 0 fully saturated rings. The molecule has 122 valence electrons. The van der Waals surface area contributed by atoms with E-state index in [0.717, 1.165) is 5.56 Å². The number of carbonyl (C=O) groups is 1. The number of halogens is 1. The van der Waals surface area contributed by atoms with E-state index < -0.39 is 12.0 Å². The molecular formula is C18H21FN2O2. The second-order valence-electron chi connectivity index (χ2n) is 5.69. The summed E-state index contributed by atoms with van der Waals surface area (Å²) in [6.07, 6.45) is -1.21. The third kappa shape index (κ3) is 4.87. The number of nitrogens with zero attached hydrogens (tertiary/aromatic N) is 1. The van der Waals surface area contributed by atoms with Crippen molar-refractivity contribution in [1.82, 2.24) is 10.2 Å². The molecule has 0 saturated carbocycles. The van der Waals surface area contributed by atoms with Crippen LogP contribution in [0.1, 0.15) is 22.8 Å². The number of aliphatic hydroxyl groups excluding tert-OH is 1. The fraction of sp³-hybridized carbons (Fsp3) is 0.278. The van der Waals surface area contributed by atoms with Crippen LogP contribution in [0.25, 0.3) is 0 Å². The maximum Gasteiger partial charge on any atom is 0.253 e. The smallest absolute Gasteiger partial charge is 0.253 e. The fourth-order valence-electron chi connectivity index (χ4n) is 2.27. The average molecular weight is 316 g/mol. The van der Waals surface area contributed by atoms with Crippen molar-refractivity contribution in [1.29, 1.82) is 0 Å². The molecule has 0 bridgehead atoms. The van der Waals surface area contributed by atoms with Gasteiger partial charge in [0.2, 0.25) is 0 Å². The van der Waals surface area contributed by atoms with Crippen LogP contribution in [0.3, 0.4) is 0 Å². The standard InChI is InChI=1S/C18H21FN2O2/c1-21(2)12-15-10-13(8-9-16(15)19)11-20-18(23)17(22)14-6-4-3-5-7-14/h3-10,17,22H,11-12H2,1-2H3,(H,20,23)/t17-/m1/s1. The highest BCUT2D eigenvalue weighted by Crippen LogP contribution is 2.14. The van der Waals surface area contributed by atoms with E-state index in [1.54, 1.807) is 36.4 Å². The monoisotopic (exact) mass is 316 g/mol. The number of hydrogen-bond donors (Lipinski definition) is 2. The number of aliphatic hydroxyl groups is 1. The van der Waals surface area contributed by atoms with Crippen LogP contribution >= 0.6 is 0 Å². The van der Waals surface area contributed by atoms with Crippen molar-refractivity contribution in [3.05, 3.63) is 71.0 Å². The highest BCUT2D eigenvalue weighted by atomic mass is 19.1. The lowest BCUT2D eigenvalue weighted by atomic mass is 10.1. The van der Waals surface area contributed by atoms with Crippen molar-refractivity contribution in [2.45, 2.75) is 19.2 Å². The van der Waals surface area contributed by atoms with E-state index in [9.17, 15) is 14.3 Å². The lowest BCUT2D eigenvalue weighted by molar-refractivity contribution is -0.129. The summed E-state index contributed by atoms with van der Waals surface area (Å²) in [6, 6.07) is 13.5. The molecule has 2 aromatic carbocycles. The molecule has 0 heterocycles. The maximum atomic E-state index is 13.7. The van der Waals surface area contributed by atoms with Crippen LogP contribution in [0.4, 0.5) is 4.39 Å². The number of hydrogen-bond acceptors (Lipinski definition) is 3. The number of amides is 1. The molecule has 4 nitrogen and oxygen atoms in total. The second kappa shape index (κ2) is 7.85. The van der Waals surface area contributed by atoms with E-state index >= 15 is 0 Å². The number of nitrogens with one attached hydrogen (secondary N) is 1. The summed E-state index contributed by atoms with van der Waals surface area (Å²) < 4.78 is 13.7. The molecule has 2 rings (SSSR count). The predicted octanol–water partition coefficient (Wildman–Crippen LogP) is 2.24. The van der Waals surface area contributed by atoms with Gasteiger partial charge in [0.15, 0.2) is 6.10 Å². The number of benzene rings is 2. The normalized spacial score (nSPS) is 12.2. The van der Waals surface area contributed by atoms with Gasteiger partial charge in [0, 0.05) is 18.7 Å². The lowest BCUT2D eigenvalue weighted by Gasteiger charge is -2.14. The summed E-state index contributed by atoms with van der Waals surface area (Å²) in [6.45, 7) is 0.726. The molecule has 0 aromatic heterocycles. The van der Waals surface area contributed by atoms with Gasteiger partial charge in [0.05, 0.1) is 0 Å². The van der Waals surface area contributed by atoms with Gasteiger partial charge in [-0.2, -0.15) is 0 Å². The van der Waals surface area contributed by atoms with Gasteiger partial charge in [-0.15, -0.1) is 0 Å². The first-order chi connectivity index (χ1) is 11.0. The fourth-order valence-corrected chi connectivity index (χ4v) is 2.27. The van der Waals surface area contributed by atoms with E-state index in [-0.39, 0.29) is 12.4 Å². The van der Waals surface area contributed by atoms with Crippen LogP contribution in [0, 0.1) is 5.82 Å². The Labute approximate surface area is 135 Å². The molecule has 0 unspecified atom stereocenters. The zero-order valence-electron chi connectivity index (χ0n) is 13.3. The van der Waals surface area contributed by atoms with Crippen molar-refractivity contribution >= 4 is 5.91 Å². The first-order valence-corrected chi connectivity index (χ1v) is 7.40. The van der Waals surface area contributed by atoms with Crippen molar-refractivity contribution in [3.63, 3.8) is 0 Å². The zero-order chi connectivity index (χ0) is 16.8. The molecule has 0 radical (unpaired) electrons. The van der Waals surface area contributed by atoms with Crippen LogP contribution in [0.2, 0.25) is 0 Å². The van der Waals surface area contributed by atoms with Gasteiger partial charge in [-0.3, -0.25) is 4.79 Å². The van der Waals surface area contributed by atoms with Crippen molar-refractivity contribution in [2.75, 3.05) is 14.1 Å². The summed E-state index contributed by atoms with van der Waals surface area (Å²) in [4.78, 5) is 13.9. The summed E-state index contributed by atoms with van der Waals surface area (Å²) in [7, 11) is 3.73. The van der Waals surface area contributed by atoms with Crippen molar-refractivity contribution in [3.8, 4) is 0 Å². The molecule has 2 N–H and O–H groups in total. The van der Waals surface area contributed by atoms with Gasteiger partial charge in [0.25, 0.3) is 5.91 Å². The molecule has 0 aliphatic heterocycles. The summed E-state index contributed by atoms with van der Waals surface area (Å²) in [5, 5.41) is 12.7. The first kappa shape index (κ1) is 17.1. The van der Waals surface area contributed by atoms with E-state index in [1.807, 2.05) is 25.1 Å². The summed E-state index contributed by atoms with van der Waals surface area (Å²) >= 11 is 0. The van der Waals surface area contributed by atoms with Gasteiger partial charge >= 0.3 is 0 Å². The quantitative estimate of drug-likeness (QED) is 0.859. The molecule has 0 aliphatic rings. The van der Waals surface area contributed by atoms with Gasteiger partial charge < -0.3 is 15.3 Å². The van der Waals surface area contributed by atoms with Crippen LogP contribution in [0.15, 0.2) is 48.5 Å². The minimum Gasteiger partial charge on any atom is -0.378 e. The highest BCUT2D eigenvalue weighted by Gasteiger charge is 2.16. The van der Waals surface area contributed by atoms with Crippen molar-refractivity contribution in [2.24, 2.45) is 0 Å². The van der Waals surface area contributed by atoms with Gasteiger partial charge in [-0.1, -0.05) is 36.4 Å². The number of carbonyl (C=O) groups excluding carboxylic acids is 1. The third-order valence-electron chi connectivity index (χ3n) is 3.43. The molecule has 2 aromatic rings. The summed E-state index contributed by atoms with van der Waals surface area (Å²) in [5.41, 5.74) is 1.90. The Hall–Kier alpha value is -2.24. The Morgan fingerprint density at radius 1 is 1.22 bits per heavy atom. The molecular weight excluding hydrogens is 295 g/mol. The number of rotatable bonds is 6. The van der Waals surface area contributed by atoms with E-state index in [0.29, 0.717) is 17.7 Å².